The van der Waals surface area contributed by atoms with Gasteiger partial charge in [0.2, 0.25) is 0 Å². The molecule has 0 amide bonds. The van der Waals surface area contributed by atoms with Gasteiger partial charge in [0.25, 0.3) is 0 Å². The number of hydrogen-bond acceptors (Lipinski definition) is 3. The fourth-order valence-corrected chi connectivity index (χ4v) is 0.691. The van der Waals surface area contributed by atoms with Gasteiger partial charge in [0.05, 0.1) is 11.9 Å². The highest BCUT2D eigenvalue weighted by Crippen LogP contribution is 2.06. The minimum absolute atomic E-state index is 0.245. The second-order valence-electron chi connectivity index (χ2n) is 3.69. The molecule has 0 atom stereocenters. The van der Waals surface area contributed by atoms with Crippen LogP contribution in [0.4, 0.5) is 0 Å². The van der Waals surface area contributed by atoms with E-state index in [0.29, 0.717) is 0 Å². The van der Waals surface area contributed by atoms with Crippen LogP contribution < -0.4 is 0 Å². The van der Waals surface area contributed by atoms with Crippen LogP contribution in [0.2, 0.25) is 0 Å². The van der Waals surface area contributed by atoms with Gasteiger partial charge in [0.1, 0.15) is 5.60 Å². The van der Waals surface area contributed by atoms with Crippen molar-refractivity contribution in [3.63, 3.8) is 0 Å². The van der Waals surface area contributed by atoms with Crippen LogP contribution in [-0.4, -0.2) is 16.8 Å². The molecular formula is C10H14N2O. The summed E-state index contributed by atoms with van der Waals surface area (Å²) in [6.45, 7) is 5.84. The summed E-state index contributed by atoms with van der Waals surface area (Å²) in [7, 11) is 0. The first-order valence-corrected chi connectivity index (χ1v) is 4.20. The van der Waals surface area contributed by atoms with Crippen LogP contribution in [0.5, 0.6) is 0 Å². The quantitative estimate of drug-likeness (QED) is 0.514. The van der Waals surface area contributed by atoms with Crippen LogP contribution in [0, 0.1) is 0 Å². The molecule has 0 saturated heterocycles. The van der Waals surface area contributed by atoms with E-state index in [9.17, 15) is 0 Å². The minimum Gasteiger partial charge on any atom is -0.390 e. The van der Waals surface area contributed by atoms with Crippen LogP contribution in [-0.2, 0) is 4.84 Å². The molecule has 1 heterocycles. The maximum atomic E-state index is 5.16. The summed E-state index contributed by atoms with van der Waals surface area (Å²) in [5.74, 6) is 0. The molecule has 0 fully saturated rings. The van der Waals surface area contributed by atoms with Crippen molar-refractivity contribution in [2.24, 2.45) is 5.16 Å². The van der Waals surface area contributed by atoms with Crippen molar-refractivity contribution in [1.29, 1.82) is 0 Å². The summed E-state index contributed by atoms with van der Waals surface area (Å²) in [5.41, 5.74) is 0.553. The van der Waals surface area contributed by atoms with Crippen LogP contribution in [0.3, 0.4) is 0 Å². The van der Waals surface area contributed by atoms with Gasteiger partial charge >= 0.3 is 0 Å². The van der Waals surface area contributed by atoms with Gasteiger partial charge in [-0.15, -0.1) is 0 Å². The first-order valence-electron chi connectivity index (χ1n) is 4.20. The van der Waals surface area contributed by atoms with E-state index in [4.69, 9.17) is 4.84 Å². The predicted octanol–water partition coefficient (Wildman–Crippen LogP) is 2.23. The lowest BCUT2D eigenvalue weighted by molar-refractivity contribution is 0.00196. The van der Waals surface area contributed by atoms with Gasteiger partial charge in [-0.05, 0) is 32.9 Å². The molecule has 3 heteroatoms. The lowest BCUT2D eigenvalue weighted by Crippen LogP contribution is -2.15. The molecule has 1 rings (SSSR count). The number of oxime groups is 1. The molecular weight excluding hydrogens is 164 g/mol. The molecule has 1 aromatic heterocycles. The molecule has 0 aliphatic rings. The Kier molecular flexibility index (Phi) is 3.01. The Labute approximate surface area is 78.4 Å². The van der Waals surface area contributed by atoms with Crippen molar-refractivity contribution >= 4 is 6.21 Å². The largest absolute Gasteiger partial charge is 0.390 e. The van der Waals surface area contributed by atoms with Gasteiger partial charge < -0.3 is 4.84 Å². The zero-order valence-corrected chi connectivity index (χ0v) is 8.19. The predicted molar refractivity (Wildman–Crippen MR) is 52.7 cm³/mol. The Bertz CT molecular complexity index is 275. The highest BCUT2D eigenvalue weighted by molar-refractivity contribution is 5.76. The zero-order chi connectivity index (χ0) is 9.73. The van der Waals surface area contributed by atoms with E-state index < -0.39 is 0 Å². The lowest BCUT2D eigenvalue weighted by atomic mass is 10.2. The third kappa shape index (κ3) is 4.25. The molecule has 0 spiro atoms. The number of nitrogens with zero attached hydrogens (tertiary/aromatic N) is 2. The fraction of sp³-hybridized carbons (Fsp3) is 0.400. The molecule has 0 aromatic carbocycles. The van der Waals surface area contributed by atoms with Crippen molar-refractivity contribution in [1.82, 2.24) is 4.98 Å². The summed E-state index contributed by atoms with van der Waals surface area (Å²) in [4.78, 5) is 9.23. The molecule has 3 nitrogen and oxygen atoms in total. The molecule has 0 bridgehead atoms. The van der Waals surface area contributed by atoms with Gasteiger partial charge in [-0.2, -0.15) is 0 Å². The van der Waals surface area contributed by atoms with Crippen molar-refractivity contribution < 1.29 is 4.84 Å². The molecule has 0 aliphatic carbocycles. The van der Waals surface area contributed by atoms with E-state index in [2.05, 4.69) is 10.1 Å². The number of aromatic nitrogens is 1. The van der Waals surface area contributed by atoms with E-state index in [1.54, 1.807) is 12.4 Å². The van der Waals surface area contributed by atoms with Crippen LogP contribution in [0.15, 0.2) is 29.6 Å². The number of hydrogen-bond donors (Lipinski definition) is 0. The van der Waals surface area contributed by atoms with Crippen molar-refractivity contribution in [2.45, 2.75) is 26.4 Å². The zero-order valence-electron chi connectivity index (χ0n) is 8.19. The smallest absolute Gasteiger partial charge is 0.129 e. The third-order valence-corrected chi connectivity index (χ3v) is 1.20. The van der Waals surface area contributed by atoms with E-state index in [-0.39, 0.29) is 5.60 Å². The summed E-state index contributed by atoms with van der Waals surface area (Å²) >= 11 is 0. The van der Waals surface area contributed by atoms with Gasteiger partial charge in [-0.1, -0.05) is 11.2 Å². The highest BCUT2D eigenvalue weighted by atomic mass is 16.6. The summed E-state index contributed by atoms with van der Waals surface area (Å²) in [5, 5.41) is 3.83. The van der Waals surface area contributed by atoms with Crippen LogP contribution >= 0.6 is 0 Å². The number of rotatable bonds is 2. The lowest BCUT2D eigenvalue weighted by Gasteiger charge is -2.14. The SMILES string of the molecule is CC(C)(C)ON=Cc1ccccn1. The molecule has 0 N–H and O–H groups in total. The average molecular weight is 178 g/mol. The van der Waals surface area contributed by atoms with E-state index in [1.807, 2.05) is 39.0 Å². The average Bonchev–Trinajstić information content (AvgIpc) is 2.04. The Balaban J connectivity index is 2.51. The minimum atomic E-state index is -0.245. The maximum Gasteiger partial charge on any atom is 0.129 e. The topological polar surface area (TPSA) is 34.5 Å². The molecule has 13 heavy (non-hydrogen) atoms. The molecule has 0 radical (unpaired) electrons. The summed E-state index contributed by atoms with van der Waals surface area (Å²) < 4.78 is 0. The molecule has 0 aliphatic heterocycles. The first-order chi connectivity index (χ1) is 6.08. The van der Waals surface area contributed by atoms with Crippen molar-refractivity contribution in [3.8, 4) is 0 Å². The normalized spacial score (nSPS) is 11.9. The van der Waals surface area contributed by atoms with E-state index in [0.717, 1.165) is 5.69 Å². The Morgan fingerprint density at radius 1 is 1.38 bits per heavy atom. The van der Waals surface area contributed by atoms with Gasteiger partial charge in [-0.3, -0.25) is 4.98 Å². The summed E-state index contributed by atoms with van der Waals surface area (Å²) in [6.07, 6.45) is 3.32. The standard InChI is InChI=1S/C10H14N2O/c1-10(2,3)13-12-8-9-6-4-5-7-11-9/h4-8H,1-3H3. The third-order valence-electron chi connectivity index (χ3n) is 1.20. The highest BCUT2D eigenvalue weighted by Gasteiger charge is 2.09. The monoisotopic (exact) mass is 178 g/mol. The van der Waals surface area contributed by atoms with E-state index >= 15 is 0 Å². The van der Waals surface area contributed by atoms with E-state index in [1.165, 1.54) is 0 Å². The summed E-state index contributed by atoms with van der Waals surface area (Å²) in [6, 6.07) is 5.64. The van der Waals surface area contributed by atoms with Gasteiger partial charge in [-0.25, -0.2) is 0 Å². The first kappa shape index (κ1) is 9.71. The van der Waals surface area contributed by atoms with Crippen LogP contribution in [0.1, 0.15) is 26.5 Å². The molecule has 70 valence electrons. The number of pyridine rings is 1. The molecule has 0 unspecified atom stereocenters. The Morgan fingerprint density at radius 2 is 2.15 bits per heavy atom. The fourth-order valence-electron chi connectivity index (χ4n) is 0.691. The maximum absolute atomic E-state index is 5.16. The second kappa shape index (κ2) is 4.03. The van der Waals surface area contributed by atoms with Gasteiger partial charge in [0, 0.05) is 6.20 Å². The van der Waals surface area contributed by atoms with Gasteiger partial charge in [0.15, 0.2) is 0 Å². The Hall–Kier alpha value is -1.38. The van der Waals surface area contributed by atoms with Crippen molar-refractivity contribution in [2.75, 3.05) is 0 Å². The molecule has 0 saturated carbocycles. The van der Waals surface area contributed by atoms with Crippen LogP contribution in [0.25, 0.3) is 0 Å². The Morgan fingerprint density at radius 3 is 2.69 bits per heavy atom. The van der Waals surface area contributed by atoms with Crippen molar-refractivity contribution in [3.05, 3.63) is 30.1 Å². The molecule has 1 aromatic rings. The second-order valence-corrected chi connectivity index (χ2v) is 3.69.